The molecule has 1 amide bonds. The van der Waals surface area contributed by atoms with Crippen LogP contribution in [-0.2, 0) is 17.9 Å². The maximum atomic E-state index is 12.5. The van der Waals surface area contributed by atoms with Gasteiger partial charge in [-0.05, 0) is 42.3 Å². The number of aromatic nitrogens is 3. The van der Waals surface area contributed by atoms with Crippen LogP contribution in [0.2, 0.25) is 5.02 Å². The molecule has 0 atom stereocenters. The highest BCUT2D eigenvalue weighted by molar-refractivity contribution is 7.99. The number of nitrogens with one attached hydrogen (secondary N) is 1. The van der Waals surface area contributed by atoms with Crippen LogP contribution in [0.4, 0.5) is 5.69 Å². The molecular formula is C25H23ClN4O2S. The van der Waals surface area contributed by atoms with Crippen LogP contribution in [0.1, 0.15) is 17.0 Å². The lowest BCUT2D eigenvalue weighted by atomic mass is 10.2. The van der Waals surface area contributed by atoms with Gasteiger partial charge in [0.1, 0.15) is 12.4 Å². The molecule has 0 aliphatic carbocycles. The molecule has 0 aliphatic rings. The first-order valence-corrected chi connectivity index (χ1v) is 11.8. The lowest BCUT2D eigenvalue weighted by Crippen LogP contribution is -2.15. The number of para-hydroxylation sites is 1. The number of rotatable bonds is 9. The zero-order valence-corrected chi connectivity index (χ0v) is 19.6. The van der Waals surface area contributed by atoms with Crippen molar-refractivity contribution in [2.24, 2.45) is 0 Å². The van der Waals surface area contributed by atoms with Crippen LogP contribution < -0.4 is 10.1 Å². The standard InChI is InChI=1S/C25H23ClN4O2S/c1-18-8-7-11-20(14-18)32-16-23-28-29-25(30(23)15-19-9-3-2-4-10-19)33-17-24(31)27-22-13-6-5-12-21(22)26/h2-14H,15-17H2,1H3,(H,27,31). The zero-order chi connectivity index (χ0) is 23.0. The summed E-state index contributed by atoms with van der Waals surface area (Å²) in [5.41, 5.74) is 2.82. The van der Waals surface area contributed by atoms with Crippen molar-refractivity contribution in [2.45, 2.75) is 25.2 Å². The first-order valence-electron chi connectivity index (χ1n) is 10.4. The summed E-state index contributed by atoms with van der Waals surface area (Å²) >= 11 is 7.46. The fourth-order valence-corrected chi connectivity index (χ4v) is 4.13. The highest BCUT2D eigenvalue weighted by atomic mass is 35.5. The van der Waals surface area contributed by atoms with Gasteiger partial charge in [-0.15, -0.1) is 10.2 Å². The van der Waals surface area contributed by atoms with Gasteiger partial charge in [0.15, 0.2) is 11.0 Å². The third-order valence-corrected chi connectivity index (χ3v) is 6.11. The number of ether oxygens (including phenoxy) is 1. The van der Waals surface area contributed by atoms with Crippen molar-refractivity contribution in [3.63, 3.8) is 0 Å². The zero-order valence-electron chi connectivity index (χ0n) is 18.1. The minimum atomic E-state index is -0.167. The number of nitrogens with zero attached hydrogens (tertiary/aromatic N) is 3. The molecule has 1 heterocycles. The normalized spacial score (nSPS) is 10.7. The summed E-state index contributed by atoms with van der Waals surface area (Å²) in [4.78, 5) is 12.5. The van der Waals surface area contributed by atoms with Crippen molar-refractivity contribution in [3.05, 3.63) is 101 Å². The number of carbonyl (C=O) groups is 1. The van der Waals surface area contributed by atoms with E-state index >= 15 is 0 Å². The maximum Gasteiger partial charge on any atom is 0.234 e. The second-order valence-electron chi connectivity index (χ2n) is 7.39. The van der Waals surface area contributed by atoms with Crippen LogP contribution in [0.3, 0.4) is 0 Å². The Kier molecular flexibility index (Phi) is 7.65. The van der Waals surface area contributed by atoms with Gasteiger partial charge in [0.2, 0.25) is 5.91 Å². The fraction of sp³-hybridized carbons (Fsp3) is 0.160. The van der Waals surface area contributed by atoms with Gasteiger partial charge in [0.25, 0.3) is 0 Å². The number of carbonyl (C=O) groups excluding carboxylic acids is 1. The third-order valence-electron chi connectivity index (χ3n) is 4.81. The Hall–Kier alpha value is -3.29. The molecule has 0 radical (unpaired) electrons. The van der Waals surface area contributed by atoms with E-state index in [1.165, 1.54) is 11.8 Å². The number of thioether (sulfide) groups is 1. The average Bonchev–Trinajstić information content (AvgIpc) is 3.20. The summed E-state index contributed by atoms with van der Waals surface area (Å²) in [6, 6.07) is 25.1. The van der Waals surface area contributed by atoms with Crippen molar-refractivity contribution in [3.8, 4) is 5.75 Å². The molecule has 4 aromatic rings. The second kappa shape index (κ2) is 11.0. The predicted octanol–water partition coefficient (Wildman–Crippen LogP) is 5.60. The van der Waals surface area contributed by atoms with Crippen LogP contribution in [0, 0.1) is 6.92 Å². The van der Waals surface area contributed by atoms with E-state index in [1.807, 2.05) is 78.2 Å². The van der Waals surface area contributed by atoms with Gasteiger partial charge in [-0.2, -0.15) is 0 Å². The first-order chi connectivity index (χ1) is 16.1. The van der Waals surface area contributed by atoms with Crippen LogP contribution in [0.15, 0.2) is 84.0 Å². The van der Waals surface area contributed by atoms with Gasteiger partial charge in [0.05, 0.1) is 23.0 Å². The topological polar surface area (TPSA) is 69.0 Å². The van der Waals surface area contributed by atoms with Crippen LogP contribution in [0.25, 0.3) is 0 Å². The fourth-order valence-electron chi connectivity index (χ4n) is 3.19. The summed E-state index contributed by atoms with van der Waals surface area (Å²) in [6.07, 6.45) is 0. The molecule has 168 valence electrons. The van der Waals surface area contributed by atoms with Crippen molar-refractivity contribution in [2.75, 3.05) is 11.1 Å². The third kappa shape index (κ3) is 6.37. The average molecular weight is 479 g/mol. The molecule has 1 aromatic heterocycles. The minimum Gasteiger partial charge on any atom is -0.486 e. The van der Waals surface area contributed by atoms with E-state index in [9.17, 15) is 4.79 Å². The monoisotopic (exact) mass is 478 g/mol. The number of anilines is 1. The SMILES string of the molecule is Cc1cccc(OCc2nnc(SCC(=O)Nc3ccccc3Cl)n2Cc2ccccc2)c1. The predicted molar refractivity (Wildman–Crippen MR) is 132 cm³/mol. The molecule has 0 fully saturated rings. The number of hydrogen-bond acceptors (Lipinski definition) is 5. The van der Waals surface area contributed by atoms with E-state index in [4.69, 9.17) is 16.3 Å². The lowest BCUT2D eigenvalue weighted by Gasteiger charge is -2.12. The lowest BCUT2D eigenvalue weighted by molar-refractivity contribution is -0.113. The molecule has 8 heteroatoms. The first kappa shape index (κ1) is 22.9. The number of hydrogen-bond donors (Lipinski definition) is 1. The summed E-state index contributed by atoms with van der Waals surface area (Å²) in [7, 11) is 0. The molecule has 0 bridgehead atoms. The molecular weight excluding hydrogens is 456 g/mol. The van der Waals surface area contributed by atoms with Crippen LogP contribution in [-0.4, -0.2) is 26.4 Å². The molecule has 4 rings (SSSR count). The van der Waals surface area contributed by atoms with Gasteiger partial charge < -0.3 is 10.1 Å². The summed E-state index contributed by atoms with van der Waals surface area (Å²) in [6.45, 7) is 2.87. The van der Waals surface area contributed by atoms with Gasteiger partial charge in [-0.3, -0.25) is 9.36 Å². The number of halogens is 1. The highest BCUT2D eigenvalue weighted by Crippen LogP contribution is 2.23. The Labute approximate surface area is 202 Å². The Morgan fingerprint density at radius 1 is 1.03 bits per heavy atom. The van der Waals surface area contributed by atoms with E-state index in [2.05, 4.69) is 15.5 Å². The van der Waals surface area contributed by atoms with E-state index in [0.29, 0.717) is 28.2 Å². The van der Waals surface area contributed by atoms with Gasteiger partial charge in [-0.1, -0.05) is 78.0 Å². The molecule has 6 nitrogen and oxygen atoms in total. The smallest absolute Gasteiger partial charge is 0.234 e. The molecule has 0 aliphatic heterocycles. The van der Waals surface area contributed by atoms with E-state index in [1.54, 1.807) is 12.1 Å². The van der Waals surface area contributed by atoms with E-state index < -0.39 is 0 Å². The summed E-state index contributed by atoms with van der Waals surface area (Å²) < 4.78 is 7.94. The van der Waals surface area contributed by atoms with Gasteiger partial charge in [-0.25, -0.2) is 0 Å². The Morgan fingerprint density at radius 2 is 1.82 bits per heavy atom. The van der Waals surface area contributed by atoms with Crippen molar-refractivity contribution < 1.29 is 9.53 Å². The molecule has 33 heavy (non-hydrogen) atoms. The maximum absolute atomic E-state index is 12.5. The molecule has 1 N–H and O–H groups in total. The molecule has 3 aromatic carbocycles. The van der Waals surface area contributed by atoms with Crippen LogP contribution >= 0.6 is 23.4 Å². The minimum absolute atomic E-state index is 0.167. The summed E-state index contributed by atoms with van der Waals surface area (Å²) in [5.74, 6) is 1.48. The molecule has 0 saturated heterocycles. The number of benzene rings is 3. The molecule has 0 saturated carbocycles. The molecule has 0 unspecified atom stereocenters. The Morgan fingerprint density at radius 3 is 2.61 bits per heavy atom. The quantitative estimate of drug-likeness (QED) is 0.317. The second-order valence-corrected chi connectivity index (χ2v) is 8.74. The largest absolute Gasteiger partial charge is 0.486 e. The van der Waals surface area contributed by atoms with Gasteiger partial charge in [0, 0.05) is 0 Å². The molecule has 0 spiro atoms. The Bertz CT molecular complexity index is 1230. The summed E-state index contributed by atoms with van der Waals surface area (Å²) in [5, 5.41) is 12.7. The van der Waals surface area contributed by atoms with Crippen molar-refractivity contribution in [1.82, 2.24) is 14.8 Å². The van der Waals surface area contributed by atoms with Crippen molar-refractivity contribution >= 4 is 35.0 Å². The Balaban J connectivity index is 1.47. The number of amides is 1. The van der Waals surface area contributed by atoms with Crippen molar-refractivity contribution in [1.29, 1.82) is 0 Å². The van der Waals surface area contributed by atoms with Crippen LogP contribution in [0.5, 0.6) is 5.75 Å². The van der Waals surface area contributed by atoms with Gasteiger partial charge >= 0.3 is 0 Å². The number of aryl methyl sites for hydroxylation is 1. The van der Waals surface area contributed by atoms with E-state index in [-0.39, 0.29) is 18.3 Å². The highest BCUT2D eigenvalue weighted by Gasteiger charge is 2.16. The van der Waals surface area contributed by atoms with E-state index in [0.717, 1.165) is 16.9 Å².